The second kappa shape index (κ2) is 7.87. The van der Waals surface area contributed by atoms with Crippen LogP contribution >= 0.6 is 0 Å². The Morgan fingerprint density at radius 1 is 1.04 bits per heavy atom. The van der Waals surface area contributed by atoms with Gasteiger partial charge in [-0.3, -0.25) is 4.98 Å². The molecule has 124 valence electrons. The van der Waals surface area contributed by atoms with Gasteiger partial charge in [-0.25, -0.2) is 4.98 Å². The van der Waals surface area contributed by atoms with Crippen LogP contribution in [-0.2, 0) is 0 Å². The minimum Gasteiger partial charge on any atom is -0.394 e. The van der Waals surface area contributed by atoms with Crippen molar-refractivity contribution in [3.63, 3.8) is 0 Å². The SMILES string of the molecule is CC(C)Nc1cc(-c2ccccn2)nc(N[C@@H](CO)C(C)C)n1. The third-order valence-corrected chi connectivity index (χ3v) is 3.41. The van der Waals surface area contributed by atoms with Gasteiger partial charge in [0.2, 0.25) is 5.95 Å². The van der Waals surface area contributed by atoms with E-state index in [2.05, 4.69) is 39.4 Å². The molecule has 6 nitrogen and oxygen atoms in total. The third-order valence-electron chi connectivity index (χ3n) is 3.41. The van der Waals surface area contributed by atoms with Crippen LogP contribution in [0, 0.1) is 5.92 Å². The number of aliphatic hydroxyl groups excluding tert-OH is 1. The first-order valence-electron chi connectivity index (χ1n) is 7.94. The third kappa shape index (κ3) is 4.89. The molecule has 1 atom stereocenters. The van der Waals surface area contributed by atoms with Crippen molar-refractivity contribution in [1.29, 1.82) is 0 Å². The molecule has 0 saturated heterocycles. The maximum atomic E-state index is 9.51. The van der Waals surface area contributed by atoms with Crippen molar-refractivity contribution in [2.45, 2.75) is 39.8 Å². The van der Waals surface area contributed by atoms with Gasteiger partial charge in [0, 0.05) is 18.3 Å². The number of nitrogens with zero attached hydrogens (tertiary/aromatic N) is 3. The van der Waals surface area contributed by atoms with E-state index in [1.54, 1.807) is 6.20 Å². The van der Waals surface area contributed by atoms with E-state index < -0.39 is 0 Å². The highest BCUT2D eigenvalue weighted by Crippen LogP contribution is 2.21. The van der Waals surface area contributed by atoms with Gasteiger partial charge in [0.25, 0.3) is 0 Å². The summed E-state index contributed by atoms with van der Waals surface area (Å²) in [5, 5.41) is 16.0. The first-order valence-corrected chi connectivity index (χ1v) is 7.94. The number of aromatic nitrogens is 3. The second-order valence-corrected chi connectivity index (χ2v) is 6.15. The number of aliphatic hydroxyl groups is 1. The van der Waals surface area contributed by atoms with Crippen LogP contribution in [0.2, 0.25) is 0 Å². The lowest BCUT2D eigenvalue weighted by atomic mass is 10.1. The fourth-order valence-corrected chi connectivity index (χ4v) is 2.12. The van der Waals surface area contributed by atoms with Crippen molar-refractivity contribution in [3.05, 3.63) is 30.5 Å². The number of hydrogen-bond donors (Lipinski definition) is 3. The Hall–Kier alpha value is -2.21. The molecule has 0 spiro atoms. The van der Waals surface area contributed by atoms with Crippen LogP contribution in [-0.4, -0.2) is 38.7 Å². The zero-order chi connectivity index (χ0) is 16.8. The summed E-state index contributed by atoms with van der Waals surface area (Å²) in [5.41, 5.74) is 1.53. The van der Waals surface area contributed by atoms with Crippen molar-refractivity contribution < 1.29 is 5.11 Å². The van der Waals surface area contributed by atoms with Gasteiger partial charge < -0.3 is 15.7 Å². The zero-order valence-corrected chi connectivity index (χ0v) is 14.1. The lowest BCUT2D eigenvalue weighted by Gasteiger charge is -2.21. The Bertz CT molecular complexity index is 616. The number of rotatable bonds is 7. The summed E-state index contributed by atoms with van der Waals surface area (Å²) >= 11 is 0. The molecule has 0 fully saturated rings. The van der Waals surface area contributed by atoms with Gasteiger partial charge in [0.15, 0.2) is 0 Å². The average Bonchev–Trinajstić information content (AvgIpc) is 2.52. The van der Waals surface area contributed by atoms with Crippen LogP contribution in [0.4, 0.5) is 11.8 Å². The summed E-state index contributed by atoms with van der Waals surface area (Å²) in [6.07, 6.45) is 1.74. The van der Waals surface area contributed by atoms with Gasteiger partial charge in [0.05, 0.1) is 24.0 Å². The summed E-state index contributed by atoms with van der Waals surface area (Å²) in [4.78, 5) is 13.4. The van der Waals surface area contributed by atoms with Crippen LogP contribution in [0.5, 0.6) is 0 Å². The Kier molecular flexibility index (Phi) is 5.87. The van der Waals surface area contributed by atoms with Gasteiger partial charge in [-0.1, -0.05) is 19.9 Å². The Morgan fingerprint density at radius 3 is 2.39 bits per heavy atom. The van der Waals surface area contributed by atoms with Gasteiger partial charge >= 0.3 is 0 Å². The molecule has 2 rings (SSSR count). The Balaban J connectivity index is 2.37. The predicted molar refractivity (Wildman–Crippen MR) is 93.4 cm³/mol. The summed E-state index contributed by atoms with van der Waals surface area (Å²) in [5.74, 6) is 1.49. The molecule has 6 heteroatoms. The highest BCUT2D eigenvalue weighted by Gasteiger charge is 2.15. The number of nitrogens with one attached hydrogen (secondary N) is 2. The van der Waals surface area contributed by atoms with E-state index in [0.717, 1.165) is 17.2 Å². The quantitative estimate of drug-likeness (QED) is 0.729. The summed E-state index contributed by atoms with van der Waals surface area (Å²) < 4.78 is 0. The van der Waals surface area contributed by atoms with E-state index in [1.807, 2.05) is 38.1 Å². The molecule has 2 heterocycles. The molecular weight excluding hydrogens is 290 g/mol. The van der Waals surface area contributed by atoms with Crippen molar-refractivity contribution in [3.8, 4) is 11.4 Å². The zero-order valence-electron chi connectivity index (χ0n) is 14.1. The van der Waals surface area contributed by atoms with Gasteiger partial charge in [-0.15, -0.1) is 0 Å². The molecule has 0 unspecified atom stereocenters. The lowest BCUT2D eigenvalue weighted by Crippen LogP contribution is -2.30. The van der Waals surface area contributed by atoms with E-state index in [-0.39, 0.29) is 24.6 Å². The minimum absolute atomic E-state index is 0.0295. The molecule has 0 aliphatic heterocycles. The normalized spacial score (nSPS) is 12.5. The minimum atomic E-state index is -0.0964. The fourth-order valence-electron chi connectivity index (χ4n) is 2.12. The van der Waals surface area contributed by atoms with E-state index in [0.29, 0.717) is 5.95 Å². The largest absolute Gasteiger partial charge is 0.394 e. The average molecular weight is 315 g/mol. The van der Waals surface area contributed by atoms with Crippen LogP contribution in [0.25, 0.3) is 11.4 Å². The number of anilines is 2. The van der Waals surface area contributed by atoms with Gasteiger partial charge in [0.1, 0.15) is 5.82 Å². The van der Waals surface area contributed by atoms with Crippen molar-refractivity contribution in [1.82, 2.24) is 15.0 Å². The lowest BCUT2D eigenvalue weighted by molar-refractivity contribution is 0.248. The smallest absolute Gasteiger partial charge is 0.225 e. The highest BCUT2D eigenvalue weighted by atomic mass is 16.3. The molecule has 23 heavy (non-hydrogen) atoms. The molecular formula is C17H25N5O. The molecule has 2 aromatic heterocycles. The molecule has 0 aliphatic rings. The first-order chi connectivity index (χ1) is 11.0. The monoisotopic (exact) mass is 315 g/mol. The molecule has 3 N–H and O–H groups in total. The summed E-state index contributed by atoms with van der Waals surface area (Å²) in [6, 6.07) is 7.76. The second-order valence-electron chi connectivity index (χ2n) is 6.15. The summed E-state index contributed by atoms with van der Waals surface area (Å²) in [6.45, 7) is 8.23. The van der Waals surface area contributed by atoms with Crippen molar-refractivity contribution >= 4 is 11.8 Å². The fraction of sp³-hybridized carbons (Fsp3) is 0.471. The van der Waals surface area contributed by atoms with Crippen LogP contribution in [0.3, 0.4) is 0 Å². The summed E-state index contributed by atoms with van der Waals surface area (Å²) in [7, 11) is 0. The van der Waals surface area contributed by atoms with Gasteiger partial charge in [-0.2, -0.15) is 4.98 Å². The molecule has 0 amide bonds. The molecule has 0 radical (unpaired) electrons. The molecule has 0 aromatic carbocycles. The van der Waals surface area contributed by atoms with Crippen molar-refractivity contribution in [2.75, 3.05) is 17.2 Å². The maximum Gasteiger partial charge on any atom is 0.225 e. The van der Waals surface area contributed by atoms with Crippen molar-refractivity contribution in [2.24, 2.45) is 5.92 Å². The molecule has 0 bridgehead atoms. The van der Waals surface area contributed by atoms with E-state index in [1.165, 1.54) is 0 Å². The van der Waals surface area contributed by atoms with Crippen LogP contribution < -0.4 is 10.6 Å². The van der Waals surface area contributed by atoms with E-state index in [4.69, 9.17) is 0 Å². The first kappa shape index (κ1) is 17.1. The van der Waals surface area contributed by atoms with Crippen LogP contribution in [0.1, 0.15) is 27.7 Å². The van der Waals surface area contributed by atoms with E-state index >= 15 is 0 Å². The van der Waals surface area contributed by atoms with Gasteiger partial charge in [-0.05, 0) is 31.9 Å². The molecule has 0 aliphatic carbocycles. The Morgan fingerprint density at radius 2 is 1.83 bits per heavy atom. The molecule has 0 saturated carbocycles. The maximum absolute atomic E-state index is 9.51. The van der Waals surface area contributed by atoms with Crippen LogP contribution in [0.15, 0.2) is 30.5 Å². The number of hydrogen-bond acceptors (Lipinski definition) is 6. The molecule has 2 aromatic rings. The predicted octanol–water partition coefficient (Wildman–Crippen LogP) is 2.79. The topological polar surface area (TPSA) is 83.0 Å². The number of pyridine rings is 1. The van der Waals surface area contributed by atoms with E-state index in [9.17, 15) is 5.11 Å². The Labute approximate surface area is 137 Å². The highest BCUT2D eigenvalue weighted by molar-refractivity contribution is 5.61. The standard InChI is InChI=1S/C17H25N5O/c1-11(2)15(10-23)21-17-20-14(13-7-5-6-8-18-13)9-16(22-17)19-12(3)4/h5-9,11-12,15,23H,10H2,1-4H3,(H2,19,20,21,22)/t15-/m0/s1.